The van der Waals surface area contributed by atoms with E-state index in [9.17, 15) is 5.11 Å². The van der Waals surface area contributed by atoms with Crippen molar-refractivity contribution < 1.29 is 9.84 Å². The van der Waals surface area contributed by atoms with Crippen molar-refractivity contribution in [3.05, 3.63) is 58.7 Å². The topological polar surface area (TPSA) is 91.7 Å². The fraction of sp³-hybridized carbons (Fsp3) is 0.286. The summed E-state index contributed by atoms with van der Waals surface area (Å²) < 4.78 is 6.48. The molecule has 2 aromatic carbocycles. The molecule has 152 valence electrons. The molecule has 8 heteroatoms. The number of anilines is 1. The van der Waals surface area contributed by atoms with Crippen molar-refractivity contribution >= 4 is 38.7 Å². The van der Waals surface area contributed by atoms with Crippen LogP contribution in [-0.2, 0) is 0 Å². The predicted molar refractivity (Wildman–Crippen MR) is 120 cm³/mol. The summed E-state index contributed by atoms with van der Waals surface area (Å²) in [4.78, 5) is 0. The number of benzene rings is 2. The Morgan fingerprint density at radius 2 is 2.07 bits per heavy atom. The highest BCUT2D eigenvalue weighted by Gasteiger charge is 2.08. The van der Waals surface area contributed by atoms with Crippen LogP contribution in [0.15, 0.2) is 58.2 Å². The summed E-state index contributed by atoms with van der Waals surface area (Å²) >= 11 is 3.50. The average molecular weight is 458 g/mol. The number of aliphatic hydroxyl groups is 1. The van der Waals surface area contributed by atoms with Crippen LogP contribution in [0, 0.1) is 0 Å². The van der Waals surface area contributed by atoms with E-state index in [1.165, 1.54) is 0 Å². The average Bonchev–Trinajstić information content (AvgIpc) is 2.72. The van der Waals surface area contributed by atoms with E-state index in [0.717, 1.165) is 20.8 Å². The third-order valence-electron chi connectivity index (χ3n) is 4.10. The lowest BCUT2D eigenvalue weighted by atomic mass is 10.2. The molecule has 0 saturated carbocycles. The Bertz CT molecular complexity index is 975. The lowest BCUT2D eigenvalue weighted by Crippen LogP contribution is -2.35. The Kier molecular flexibility index (Phi) is 7.51. The Morgan fingerprint density at radius 1 is 1.24 bits per heavy atom. The number of aromatic nitrogens is 2. The number of ether oxygens (including phenoxy) is 1. The van der Waals surface area contributed by atoms with Gasteiger partial charge < -0.3 is 15.2 Å². The van der Waals surface area contributed by atoms with Crippen LogP contribution in [-0.4, -0.2) is 46.8 Å². The van der Waals surface area contributed by atoms with Gasteiger partial charge in [0.2, 0.25) is 0 Å². The molecule has 0 aliphatic heterocycles. The molecule has 0 amide bonds. The van der Waals surface area contributed by atoms with Crippen LogP contribution in [0.2, 0.25) is 0 Å². The maximum atomic E-state index is 9.96. The van der Waals surface area contributed by atoms with Crippen molar-refractivity contribution in [3.8, 4) is 5.75 Å². The summed E-state index contributed by atoms with van der Waals surface area (Å²) in [5.41, 5.74) is 3.82. The second-order valence-corrected chi connectivity index (χ2v) is 7.72. The van der Waals surface area contributed by atoms with Crippen molar-refractivity contribution in [3.63, 3.8) is 0 Å². The Hall–Kier alpha value is -2.55. The maximum Gasteiger partial charge on any atom is 0.176 e. The minimum atomic E-state index is -0.573. The van der Waals surface area contributed by atoms with Crippen molar-refractivity contribution in [1.29, 1.82) is 0 Å². The summed E-state index contributed by atoms with van der Waals surface area (Å²) in [5.74, 6) is 1.26. The third kappa shape index (κ3) is 6.22. The van der Waals surface area contributed by atoms with Crippen LogP contribution in [0.4, 0.5) is 5.82 Å². The lowest BCUT2D eigenvalue weighted by molar-refractivity contribution is 0.104. The van der Waals surface area contributed by atoms with E-state index >= 15 is 0 Å². The molecule has 3 aromatic rings. The third-order valence-corrected chi connectivity index (χ3v) is 4.72. The molecule has 0 aliphatic carbocycles. The highest BCUT2D eigenvalue weighted by molar-refractivity contribution is 9.10. The van der Waals surface area contributed by atoms with Gasteiger partial charge in [-0.15, -0.1) is 5.10 Å². The van der Waals surface area contributed by atoms with E-state index in [0.29, 0.717) is 24.2 Å². The monoisotopic (exact) mass is 457 g/mol. The number of fused-ring (bicyclic) bond motifs is 1. The Labute approximate surface area is 178 Å². The van der Waals surface area contributed by atoms with Crippen molar-refractivity contribution in [1.82, 2.24) is 15.5 Å². The first-order valence-electron chi connectivity index (χ1n) is 9.36. The van der Waals surface area contributed by atoms with E-state index in [2.05, 4.69) is 42.0 Å². The van der Waals surface area contributed by atoms with E-state index in [1.807, 2.05) is 56.3 Å². The number of hydrazone groups is 1. The highest BCUT2D eigenvalue weighted by atomic mass is 79.9. The number of aliphatic hydroxyl groups excluding tert-OH is 1. The van der Waals surface area contributed by atoms with Crippen molar-refractivity contribution in [2.24, 2.45) is 5.10 Å². The molecule has 7 nitrogen and oxygen atoms in total. The van der Waals surface area contributed by atoms with Crippen LogP contribution in [0.25, 0.3) is 10.8 Å². The summed E-state index contributed by atoms with van der Waals surface area (Å²) in [6.07, 6.45) is 2.84. The summed E-state index contributed by atoms with van der Waals surface area (Å²) in [7, 11) is 0. The minimum Gasteiger partial charge on any atom is -0.490 e. The zero-order valence-corrected chi connectivity index (χ0v) is 17.9. The lowest BCUT2D eigenvalue weighted by Gasteiger charge is -2.15. The molecule has 1 aromatic heterocycles. The smallest absolute Gasteiger partial charge is 0.176 e. The summed E-state index contributed by atoms with van der Waals surface area (Å²) in [6.45, 7) is 4.77. The number of halogens is 1. The predicted octanol–water partition coefficient (Wildman–Crippen LogP) is 3.58. The fourth-order valence-corrected chi connectivity index (χ4v) is 3.12. The zero-order valence-electron chi connectivity index (χ0n) is 16.3. The number of nitrogens with one attached hydrogen (secondary N) is 2. The first kappa shape index (κ1) is 21.2. The fourth-order valence-electron chi connectivity index (χ4n) is 2.61. The van der Waals surface area contributed by atoms with Crippen molar-refractivity contribution in [2.45, 2.75) is 26.0 Å². The molecule has 0 bridgehead atoms. The van der Waals surface area contributed by atoms with Gasteiger partial charge in [-0.25, -0.2) is 0 Å². The largest absolute Gasteiger partial charge is 0.490 e. The molecule has 3 N–H and O–H groups in total. The van der Waals surface area contributed by atoms with E-state index in [-0.39, 0.29) is 6.61 Å². The van der Waals surface area contributed by atoms with Gasteiger partial charge in [-0.1, -0.05) is 38.1 Å². The van der Waals surface area contributed by atoms with Crippen LogP contribution < -0.4 is 15.5 Å². The molecular formula is C21H24BrN5O2. The summed E-state index contributed by atoms with van der Waals surface area (Å²) in [5, 5.41) is 27.4. The van der Waals surface area contributed by atoms with Gasteiger partial charge in [0.1, 0.15) is 18.5 Å². The second kappa shape index (κ2) is 10.3. The van der Waals surface area contributed by atoms with Crippen LogP contribution >= 0.6 is 15.9 Å². The van der Waals surface area contributed by atoms with Gasteiger partial charge in [0.15, 0.2) is 5.82 Å². The van der Waals surface area contributed by atoms with E-state index in [1.54, 1.807) is 12.4 Å². The van der Waals surface area contributed by atoms with Crippen LogP contribution in [0.5, 0.6) is 5.75 Å². The van der Waals surface area contributed by atoms with E-state index < -0.39 is 6.10 Å². The van der Waals surface area contributed by atoms with Gasteiger partial charge >= 0.3 is 0 Å². The van der Waals surface area contributed by atoms with Crippen LogP contribution in [0.1, 0.15) is 19.4 Å². The first-order chi connectivity index (χ1) is 14.0. The molecule has 0 fully saturated rings. The minimum absolute atomic E-state index is 0.215. The Balaban J connectivity index is 1.58. The van der Waals surface area contributed by atoms with Gasteiger partial charge in [0.05, 0.1) is 16.9 Å². The van der Waals surface area contributed by atoms with Gasteiger partial charge in [-0.2, -0.15) is 10.2 Å². The molecule has 0 radical (unpaired) electrons. The summed E-state index contributed by atoms with van der Waals surface area (Å²) in [6, 6.07) is 13.8. The molecule has 1 heterocycles. The zero-order chi connectivity index (χ0) is 20.6. The number of rotatable bonds is 9. The number of hydrogen-bond acceptors (Lipinski definition) is 7. The number of nitrogens with zero attached hydrogens (tertiary/aromatic N) is 3. The molecule has 3 rings (SSSR count). The highest BCUT2D eigenvalue weighted by Crippen LogP contribution is 2.26. The first-order valence-corrected chi connectivity index (χ1v) is 10.2. The molecule has 29 heavy (non-hydrogen) atoms. The van der Waals surface area contributed by atoms with Gasteiger partial charge in [0, 0.05) is 23.4 Å². The molecule has 0 saturated heterocycles. The molecule has 1 unspecified atom stereocenters. The quantitative estimate of drug-likeness (QED) is 0.336. The molecule has 0 spiro atoms. The number of hydrogen-bond donors (Lipinski definition) is 3. The SMILES string of the molecule is CC(C)NCC(O)COc1ccc(/C=N/Nc2nncc3ccccc23)cc1Br. The molecular weight excluding hydrogens is 434 g/mol. The van der Waals surface area contributed by atoms with Gasteiger partial charge in [-0.05, 0) is 39.7 Å². The molecule has 1 atom stereocenters. The second-order valence-electron chi connectivity index (χ2n) is 6.87. The van der Waals surface area contributed by atoms with Crippen LogP contribution in [0.3, 0.4) is 0 Å². The van der Waals surface area contributed by atoms with Gasteiger partial charge in [0.25, 0.3) is 0 Å². The van der Waals surface area contributed by atoms with Gasteiger partial charge in [-0.3, -0.25) is 5.43 Å². The standard InChI is InChI=1S/C21H24BrN5O2/c1-14(2)23-12-17(28)13-29-20-8-7-15(9-19(20)22)10-24-26-21-18-6-4-3-5-16(18)11-25-27-21/h3-11,14,17,23,28H,12-13H2,1-2H3,(H,26,27)/b24-10+. The Morgan fingerprint density at radius 3 is 2.86 bits per heavy atom. The molecule has 0 aliphatic rings. The van der Waals surface area contributed by atoms with E-state index in [4.69, 9.17) is 4.74 Å². The maximum absolute atomic E-state index is 9.96. The van der Waals surface area contributed by atoms with Crippen molar-refractivity contribution in [2.75, 3.05) is 18.6 Å². The normalized spacial score (nSPS) is 12.6.